The van der Waals surface area contributed by atoms with E-state index in [4.69, 9.17) is 4.74 Å². The van der Waals surface area contributed by atoms with Crippen molar-refractivity contribution in [3.8, 4) is 0 Å². The second-order valence-corrected chi connectivity index (χ2v) is 10.3. The van der Waals surface area contributed by atoms with Gasteiger partial charge in [0.25, 0.3) is 0 Å². The molecule has 3 heterocycles. The lowest BCUT2D eigenvalue weighted by Crippen LogP contribution is -2.55. The van der Waals surface area contributed by atoms with Gasteiger partial charge in [-0.2, -0.15) is 0 Å². The van der Waals surface area contributed by atoms with E-state index >= 15 is 0 Å². The van der Waals surface area contributed by atoms with Gasteiger partial charge in [-0.3, -0.25) is 19.5 Å². The maximum absolute atomic E-state index is 13.9. The van der Waals surface area contributed by atoms with Gasteiger partial charge in [-0.1, -0.05) is 18.2 Å². The predicted octanol–water partition coefficient (Wildman–Crippen LogP) is 2.96. The molecular formula is C28H39N5O3. The number of imide groups is 1. The molecule has 0 spiro atoms. The van der Waals surface area contributed by atoms with Gasteiger partial charge in [0.2, 0.25) is 5.91 Å². The molecule has 1 aromatic heterocycles. The Bertz CT molecular complexity index is 1090. The number of ether oxygens (including phenoxy) is 1. The highest BCUT2D eigenvalue weighted by atomic mass is 16.5. The van der Waals surface area contributed by atoms with Crippen LogP contribution in [-0.2, 0) is 16.0 Å². The van der Waals surface area contributed by atoms with Crippen LogP contribution in [0.15, 0.2) is 37.1 Å². The van der Waals surface area contributed by atoms with Gasteiger partial charge in [0.1, 0.15) is 0 Å². The Morgan fingerprint density at radius 1 is 1.31 bits per heavy atom. The number of fused-ring (bicyclic) bond motifs is 2. The maximum atomic E-state index is 13.9. The average Bonchev–Trinajstić information content (AvgIpc) is 3.31. The van der Waals surface area contributed by atoms with Crippen molar-refractivity contribution in [3.63, 3.8) is 0 Å². The van der Waals surface area contributed by atoms with E-state index in [2.05, 4.69) is 51.1 Å². The second kappa shape index (κ2) is 11.2. The molecule has 0 saturated carbocycles. The Kier molecular flexibility index (Phi) is 7.74. The second-order valence-electron chi connectivity index (χ2n) is 10.3. The quantitative estimate of drug-likeness (QED) is 0.553. The highest BCUT2D eigenvalue weighted by Gasteiger charge is 2.44. The molecule has 36 heavy (non-hydrogen) atoms. The molecular weight excluding hydrogens is 454 g/mol. The number of carbonyl (C=O) groups excluding carboxylic acids is 2. The minimum absolute atomic E-state index is 0.0533. The summed E-state index contributed by atoms with van der Waals surface area (Å²) in [6, 6.07) is 6.51. The van der Waals surface area contributed by atoms with Crippen molar-refractivity contribution in [1.29, 1.82) is 0 Å². The van der Waals surface area contributed by atoms with Gasteiger partial charge in [-0.25, -0.2) is 4.79 Å². The number of morpholine rings is 1. The molecule has 2 unspecified atom stereocenters. The number of carbonyl (C=O) groups is 2. The van der Waals surface area contributed by atoms with E-state index < -0.39 is 0 Å². The zero-order chi connectivity index (χ0) is 25.1. The molecule has 8 nitrogen and oxygen atoms in total. The van der Waals surface area contributed by atoms with Crippen molar-refractivity contribution < 1.29 is 14.3 Å². The topological polar surface area (TPSA) is 80.9 Å². The number of nitrogens with zero attached hydrogens (tertiary/aromatic N) is 3. The Balaban J connectivity index is 1.35. The smallest absolute Gasteiger partial charge is 0.324 e. The third-order valence-electron chi connectivity index (χ3n) is 8.09. The van der Waals surface area contributed by atoms with Gasteiger partial charge in [0.05, 0.1) is 19.1 Å². The van der Waals surface area contributed by atoms with E-state index in [1.165, 1.54) is 21.4 Å². The van der Waals surface area contributed by atoms with Gasteiger partial charge in [0, 0.05) is 74.9 Å². The van der Waals surface area contributed by atoms with E-state index in [0.717, 1.165) is 64.2 Å². The van der Waals surface area contributed by atoms with Gasteiger partial charge in [-0.15, -0.1) is 6.58 Å². The summed E-state index contributed by atoms with van der Waals surface area (Å²) in [5.74, 6) is -0.0282. The number of rotatable bonds is 8. The van der Waals surface area contributed by atoms with Crippen LogP contribution in [0.3, 0.4) is 0 Å². The highest BCUT2D eigenvalue weighted by Crippen LogP contribution is 2.45. The van der Waals surface area contributed by atoms with E-state index in [1.54, 1.807) is 0 Å². The molecule has 5 rings (SSSR count). The van der Waals surface area contributed by atoms with Crippen LogP contribution in [0, 0.1) is 5.92 Å². The van der Waals surface area contributed by atoms with Crippen molar-refractivity contribution in [3.05, 3.63) is 48.2 Å². The first-order valence-corrected chi connectivity index (χ1v) is 13.4. The zero-order valence-corrected chi connectivity index (χ0v) is 21.4. The summed E-state index contributed by atoms with van der Waals surface area (Å²) in [4.78, 5) is 36.6. The molecule has 0 bridgehead atoms. The van der Waals surface area contributed by atoms with Crippen LogP contribution < -0.4 is 5.32 Å². The average molecular weight is 494 g/mol. The Labute approximate surface area is 213 Å². The minimum Gasteiger partial charge on any atom is -0.379 e. The fourth-order valence-corrected chi connectivity index (χ4v) is 6.41. The number of hydrogen-bond donors (Lipinski definition) is 2. The SMILES string of the molecule is C=CCN1CC(C(=O)N(CCCN2CCOCC2)C(=O)NCC)CC2c3cccc4[nH]cc(c34)C[C@H]21. The van der Waals surface area contributed by atoms with Gasteiger partial charge in [0.15, 0.2) is 0 Å². The lowest BCUT2D eigenvalue weighted by Gasteiger charge is -2.47. The molecule has 3 amide bonds. The molecule has 3 atom stereocenters. The van der Waals surface area contributed by atoms with Crippen LogP contribution in [0.4, 0.5) is 4.79 Å². The van der Waals surface area contributed by atoms with Crippen LogP contribution in [0.2, 0.25) is 0 Å². The molecule has 1 aliphatic carbocycles. The Hall–Kier alpha value is -2.68. The first-order valence-electron chi connectivity index (χ1n) is 13.4. The standard InChI is InChI=1S/C28H39N5O3/c1-3-9-32-19-21(16-23-22-7-5-8-24-26(22)20(18-30-24)17-25(23)32)27(34)33(28(35)29-4-2)11-6-10-31-12-14-36-15-13-31/h3,5,7-8,18,21,23,25,30H,1,4,6,9-17,19H2,2H3,(H,29,35)/t21?,23?,25-/m1/s1. The number of aromatic amines is 1. The third-order valence-corrected chi connectivity index (χ3v) is 8.09. The number of amides is 3. The minimum atomic E-state index is -0.277. The lowest BCUT2D eigenvalue weighted by molar-refractivity contribution is -0.135. The number of benzene rings is 1. The molecule has 2 aromatic rings. The van der Waals surface area contributed by atoms with Gasteiger partial charge >= 0.3 is 6.03 Å². The van der Waals surface area contributed by atoms with Crippen LogP contribution in [0.1, 0.15) is 36.8 Å². The molecule has 2 aliphatic heterocycles. The molecule has 2 saturated heterocycles. The maximum Gasteiger partial charge on any atom is 0.324 e. The largest absolute Gasteiger partial charge is 0.379 e. The number of H-pyrrole nitrogens is 1. The number of nitrogens with one attached hydrogen (secondary N) is 2. The number of hydrogen-bond acceptors (Lipinski definition) is 5. The van der Waals surface area contributed by atoms with Gasteiger partial charge < -0.3 is 15.0 Å². The normalized spacial score (nSPS) is 24.3. The van der Waals surface area contributed by atoms with Gasteiger partial charge in [-0.05, 0) is 43.4 Å². The number of urea groups is 1. The number of likely N-dealkylation sites (tertiary alicyclic amines) is 1. The van der Waals surface area contributed by atoms with Crippen molar-refractivity contribution >= 4 is 22.8 Å². The fourth-order valence-electron chi connectivity index (χ4n) is 6.41. The number of aromatic nitrogens is 1. The van der Waals surface area contributed by atoms with Crippen LogP contribution in [0.5, 0.6) is 0 Å². The van der Waals surface area contributed by atoms with E-state index in [0.29, 0.717) is 25.7 Å². The van der Waals surface area contributed by atoms with E-state index in [9.17, 15) is 9.59 Å². The van der Waals surface area contributed by atoms with Crippen LogP contribution in [-0.4, -0.2) is 96.7 Å². The predicted molar refractivity (Wildman–Crippen MR) is 141 cm³/mol. The first-order chi connectivity index (χ1) is 17.6. The summed E-state index contributed by atoms with van der Waals surface area (Å²) in [7, 11) is 0. The van der Waals surface area contributed by atoms with Crippen molar-refractivity contribution in [2.75, 3.05) is 59.0 Å². The fraction of sp³-hybridized carbons (Fsp3) is 0.571. The molecule has 0 radical (unpaired) electrons. The summed E-state index contributed by atoms with van der Waals surface area (Å²) in [6.07, 6.45) is 6.57. The Morgan fingerprint density at radius 2 is 2.14 bits per heavy atom. The molecule has 2 fully saturated rings. The summed E-state index contributed by atoms with van der Waals surface area (Å²) in [5, 5.41) is 4.19. The lowest BCUT2D eigenvalue weighted by atomic mass is 9.72. The van der Waals surface area contributed by atoms with E-state index in [-0.39, 0.29) is 23.8 Å². The Morgan fingerprint density at radius 3 is 2.92 bits per heavy atom. The summed E-state index contributed by atoms with van der Waals surface area (Å²) >= 11 is 0. The number of piperidine rings is 1. The molecule has 3 aliphatic rings. The summed E-state index contributed by atoms with van der Waals surface area (Å²) < 4.78 is 5.44. The highest BCUT2D eigenvalue weighted by molar-refractivity contribution is 5.96. The monoisotopic (exact) mass is 493 g/mol. The summed E-state index contributed by atoms with van der Waals surface area (Å²) in [5.41, 5.74) is 3.84. The third kappa shape index (κ3) is 4.94. The van der Waals surface area contributed by atoms with Crippen molar-refractivity contribution in [2.45, 2.75) is 38.1 Å². The summed E-state index contributed by atoms with van der Waals surface area (Å²) in [6.45, 7) is 12.4. The van der Waals surface area contributed by atoms with E-state index in [1.807, 2.05) is 13.0 Å². The van der Waals surface area contributed by atoms with Crippen molar-refractivity contribution in [1.82, 2.24) is 25.0 Å². The molecule has 194 valence electrons. The van der Waals surface area contributed by atoms with Crippen LogP contribution in [0.25, 0.3) is 10.9 Å². The molecule has 8 heteroatoms. The zero-order valence-electron chi connectivity index (χ0n) is 21.4. The van der Waals surface area contributed by atoms with Crippen LogP contribution >= 0.6 is 0 Å². The molecule has 2 N–H and O–H groups in total. The first kappa shape index (κ1) is 25.0. The van der Waals surface area contributed by atoms with Crippen molar-refractivity contribution in [2.24, 2.45) is 5.92 Å². The molecule has 1 aromatic carbocycles.